The molecule has 0 aliphatic heterocycles. The number of alkyl halides is 2. The summed E-state index contributed by atoms with van der Waals surface area (Å²) in [5, 5.41) is 16.0. The molecule has 0 spiro atoms. The average Bonchev–Trinajstić information content (AvgIpc) is 3.29. The van der Waals surface area contributed by atoms with Crippen LogP contribution in [0, 0.1) is 6.92 Å². The summed E-state index contributed by atoms with van der Waals surface area (Å²) in [4.78, 5) is 4.13. The third-order valence-electron chi connectivity index (χ3n) is 4.46. The van der Waals surface area contributed by atoms with Crippen molar-refractivity contribution in [3.8, 4) is 11.3 Å². The molecule has 0 bridgehead atoms. The smallest absolute Gasteiger partial charge is 0.275 e. The molecule has 4 aromatic heterocycles. The molecular weight excluding hydrogens is 364 g/mol. The van der Waals surface area contributed by atoms with Crippen LogP contribution in [0.2, 0.25) is 0 Å². The van der Waals surface area contributed by atoms with E-state index in [1.54, 1.807) is 61.5 Å². The summed E-state index contributed by atoms with van der Waals surface area (Å²) in [7, 11) is 1.77. The highest BCUT2D eigenvalue weighted by Gasteiger charge is 2.40. The monoisotopic (exact) mass is 381 g/mol. The molecule has 0 saturated carbocycles. The molecule has 0 saturated heterocycles. The average molecular weight is 381 g/mol. The molecule has 0 amide bonds. The van der Waals surface area contributed by atoms with Gasteiger partial charge in [-0.2, -0.15) is 23.5 Å². The Kier molecular flexibility index (Phi) is 4.21. The summed E-state index contributed by atoms with van der Waals surface area (Å²) in [6.45, 7) is 3.13. The summed E-state index contributed by atoms with van der Waals surface area (Å²) < 4.78 is 33.1. The number of halogens is 2. The first-order chi connectivity index (χ1) is 13.4. The molecule has 4 aromatic rings. The Labute approximate surface area is 159 Å². The van der Waals surface area contributed by atoms with Gasteiger partial charge in [0.2, 0.25) is 5.82 Å². The van der Waals surface area contributed by atoms with Crippen LogP contribution >= 0.6 is 0 Å². The van der Waals surface area contributed by atoms with Crippen molar-refractivity contribution >= 4 is 11.7 Å². The predicted molar refractivity (Wildman–Crippen MR) is 99.5 cm³/mol. The van der Waals surface area contributed by atoms with Crippen molar-refractivity contribution in [1.29, 1.82) is 0 Å². The third kappa shape index (κ3) is 3.04. The predicted octanol–water partition coefficient (Wildman–Crippen LogP) is 3.42. The topological polar surface area (TPSA) is 73.8 Å². The number of fused-ring (bicyclic) bond motifs is 1. The zero-order valence-corrected chi connectivity index (χ0v) is 15.5. The number of allylic oxidation sites excluding steroid dienone is 1. The Bertz CT molecular complexity index is 1190. The molecule has 0 fully saturated rings. The number of aryl methyl sites for hydroxylation is 2. The zero-order chi connectivity index (χ0) is 19.9. The summed E-state index contributed by atoms with van der Waals surface area (Å²) in [6.07, 6.45) is 6.41. The lowest BCUT2D eigenvalue weighted by Gasteiger charge is -2.15. The zero-order valence-electron chi connectivity index (χ0n) is 15.5. The van der Waals surface area contributed by atoms with Crippen molar-refractivity contribution in [2.24, 2.45) is 7.05 Å². The van der Waals surface area contributed by atoms with E-state index >= 15 is 8.78 Å². The SMILES string of the molecule is C/C(=C\c1cccnc1C)C(F)(F)c1nnc2ccc(-c3cnn(C)c3)nn12. The van der Waals surface area contributed by atoms with Gasteiger partial charge in [0.25, 0.3) is 0 Å². The van der Waals surface area contributed by atoms with Crippen molar-refractivity contribution in [2.75, 3.05) is 0 Å². The Balaban J connectivity index is 1.80. The highest BCUT2D eigenvalue weighted by atomic mass is 19.3. The van der Waals surface area contributed by atoms with E-state index in [9.17, 15) is 0 Å². The van der Waals surface area contributed by atoms with Gasteiger partial charge in [-0.15, -0.1) is 10.2 Å². The van der Waals surface area contributed by atoms with Gasteiger partial charge in [0, 0.05) is 36.3 Å². The molecule has 4 heterocycles. The highest BCUT2D eigenvalue weighted by molar-refractivity contribution is 5.59. The van der Waals surface area contributed by atoms with E-state index in [2.05, 4.69) is 25.4 Å². The number of nitrogens with zero attached hydrogens (tertiary/aromatic N) is 7. The van der Waals surface area contributed by atoms with Gasteiger partial charge >= 0.3 is 5.92 Å². The lowest BCUT2D eigenvalue weighted by molar-refractivity contribution is 0.0271. The van der Waals surface area contributed by atoms with Crippen LogP contribution in [0.15, 0.2) is 48.4 Å². The van der Waals surface area contributed by atoms with Crippen molar-refractivity contribution in [2.45, 2.75) is 19.8 Å². The highest BCUT2D eigenvalue weighted by Crippen LogP contribution is 2.35. The summed E-state index contributed by atoms with van der Waals surface area (Å²) >= 11 is 0. The second-order valence-electron chi connectivity index (χ2n) is 6.49. The number of hydrogen-bond acceptors (Lipinski definition) is 5. The van der Waals surface area contributed by atoms with E-state index in [1.165, 1.54) is 13.0 Å². The molecule has 0 aliphatic carbocycles. The molecule has 0 aliphatic rings. The fourth-order valence-electron chi connectivity index (χ4n) is 2.84. The van der Waals surface area contributed by atoms with Gasteiger partial charge in [-0.3, -0.25) is 9.67 Å². The van der Waals surface area contributed by atoms with Crippen molar-refractivity contribution < 1.29 is 8.78 Å². The Hall–Kier alpha value is -3.49. The van der Waals surface area contributed by atoms with Crippen LogP contribution in [-0.2, 0) is 13.0 Å². The Morgan fingerprint density at radius 3 is 2.71 bits per heavy atom. The molecule has 142 valence electrons. The standard InChI is InChI=1S/C19H17F2N7/c1-12(9-14-5-4-8-22-13(14)2)19(20,21)18-25-24-17-7-6-16(26-28(17)18)15-10-23-27(3)11-15/h4-11H,1-3H3/b12-9+. The number of rotatable bonds is 4. The summed E-state index contributed by atoms with van der Waals surface area (Å²) in [5.74, 6) is -3.90. The van der Waals surface area contributed by atoms with Gasteiger partial charge in [-0.05, 0) is 43.7 Å². The van der Waals surface area contributed by atoms with E-state index in [0.717, 1.165) is 4.52 Å². The van der Waals surface area contributed by atoms with Crippen LogP contribution in [0.5, 0.6) is 0 Å². The van der Waals surface area contributed by atoms with Crippen LogP contribution in [0.1, 0.15) is 24.0 Å². The van der Waals surface area contributed by atoms with E-state index in [0.29, 0.717) is 22.5 Å². The minimum absolute atomic E-state index is 0.175. The molecular formula is C19H17F2N7. The van der Waals surface area contributed by atoms with Crippen LogP contribution in [0.25, 0.3) is 23.0 Å². The van der Waals surface area contributed by atoms with E-state index in [-0.39, 0.29) is 11.2 Å². The lowest BCUT2D eigenvalue weighted by Crippen LogP contribution is -2.20. The van der Waals surface area contributed by atoms with Gasteiger partial charge in [0.1, 0.15) is 0 Å². The fraction of sp³-hybridized carbons (Fsp3) is 0.211. The number of pyridine rings is 1. The van der Waals surface area contributed by atoms with Crippen LogP contribution in [0.4, 0.5) is 8.78 Å². The van der Waals surface area contributed by atoms with Gasteiger partial charge in [-0.1, -0.05) is 6.07 Å². The maximum atomic E-state index is 15.2. The second-order valence-corrected chi connectivity index (χ2v) is 6.49. The maximum absolute atomic E-state index is 15.2. The molecule has 7 nitrogen and oxygen atoms in total. The van der Waals surface area contributed by atoms with Crippen molar-refractivity contribution in [1.82, 2.24) is 34.6 Å². The fourth-order valence-corrected chi connectivity index (χ4v) is 2.84. The number of aromatic nitrogens is 7. The molecule has 0 aromatic carbocycles. The van der Waals surface area contributed by atoms with E-state index in [1.807, 2.05) is 0 Å². The molecule has 28 heavy (non-hydrogen) atoms. The van der Waals surface area contributed by atoms with Gasteiger partial charge < -0.3 is 0 Å². The third-order valence-corrected chi connectivity index (χ3v) is 4.46. The van der Waals surface area contributed by atoms with Crippen LogP contribution < -0.4 is 0 Å². The first-order valence-corrected chi connectivity index (χ1v) is 8.56. The summed E-state index contributed by atoms with van der Waals surface area (Å²) in [5.41, 5.74) is 2.57. The largest absolute Gasteiger partial charge is 0.329 e. The molecule has 9 heteroatoms. The normalized spacial score (nSPS) is 12.7. The van der Waals surface area contributed by atoms with Crippen molar-refractivity contribution in [3.63, 3.8) is 0 Å². The molecule has 0 unspecified atom stereocenters. The Morgan fingerprint density at radius 2 is 2.00 bits per heavy atom. The van der Waals surface area contributed by atoms with Crippen molar-refractivity contribution in [3.05, 3.63) is 65.5 Å². The first kappa shape index (κ1) is 17.9. The lowest BCUT2D eigenvalue weighted by atomic mass is 10.1. The quantitative estimate of drug-likeness (QED) is 0.542. The van der Waals surface area contributed by atoms with Gasteiger partial charge in [0.15, 0.2) is 5.65 Å². The minimum atomic E-state index is -3.36. The second kappa shape index (κ2) is 6.59. The minimum Gasteiger partial charge on any atom is -0.275 e. The molecule has 0 N–H and O–H groups in total. The van der Waals surface area contributed by atoms with Crippen LogP contribution in [0.3, 0.4) is 0 Å². The Morgan fingerprint density at radius 1 is 1.18 bits per heavy atom. The van der Waals surface area contributed by atoms with Gasteiger partial charge in [-0.25, -0.2) is 0 Å². The molecule has 0 atom stereocenters. The summed E-state index contributed by atoms with van der Waals surface area (Å²) in [6, 6.07) is 6.75. The first-order valence-electron chi connectivity index (χ1n) is 8.56. The molecule has 4 rings (SSSR count). The maximum Gasteiger partial charge on any atom is 0.329 e. The van der Waals surface area contributed by atoms with E-state index in [4.69, 9.17) is 0 Å². The number of hydrogen-bond donors (Lipinski definition) is 0. The van der Waals surface area contributed by atoms with Gasteiger partial charge in [0.05, 0.1) is 11.9 Å². The van der Waals surface area contributed by atoms with Crippen LogP contribution in [-0.4, -0.2) is 34.6 Å². The van der Waals surface area contributed by atoms with E-state index < -0.39 is 11.7 Å². The molecule has 0 radical (unpaired) electrons.